The lowest BCUT2D eigenvalue weighted by Gasteiger charge is -2.23. The summed E-state index contributed by atoms with van der Waals surface area (Å²) in [5.41, 5.74) is 0. The molecule has 0 saturated heterocycles. The second kappa shape index (κ2) is 9.62. The summed E-state index contributed by atoms with van der Waals surface area (Å²) >= 11 is 5.74. The third-order valence-electron chi connectivity index (χ3n) is 3.65. The topological polar surface area (TPSA) is 38.3 Å². The van der Waals surface area contributed by atoms with E-state index in [0.717, 1.165) is 19.3 Å². The van der Waals surface area contributed by atoms with Crippen molar-refractivity contribution >= 4 is 17.5 Å². The molecule has 0 aliphatic heterocycles. The predicted molar refractivity (Wildman–Crippen MR) is 75.0 cm³/mol. The van der Waals surface area contributed by atoms with Crippen LogP contribution in [0.3, 0.4) is 0 Å². The number of rotatable bonds is 6. The van der Waals surface area contributed by atoms with Gasteiger partial charge in [0.05, 0.1) is 12.6 Å². The summed E-state index contributed by atoms with van der Waals surface area (Å²) in [7, 11) is 1.66. The first-order valence-electron chi connectivity index (χ1n) is 7.13. The quantitative estimate of drug-likeness (QED) is 0.757. The van der Waals surface area contributed by atoms with Crippen LogP contribution in [0.4, 0.5) is 0 Å². The van der Waals surface area contributed by atoms with Gasteiger partial charge in [0.15, 0.2) is 0 Å². The summed E-state index contributed by atoms with van der Waals surface area (Å²) in [6, 6.07) is 0.0606. The first kappa shape index (κ1) is 15.8. The van der Waals surface area contributed by atoms with Gasteiger partial charge in [0.25, 0.3) is 0 Å². The predicted octanol–water partition coefficient (Wildman–Crippen LogP) is 3.11. The van der Waals surface area contributed by atoms with E-state index in [4.69, 9.17) is 16.3 Å². The van der Waals surface area contributed by atoms with Crippen molar-refractivity contribution in [3.63, 3.8) is 0 Å². The highest BCUT2D eigenvalue weighted by Gasteiger charge is 2.21. The summed E-state index contributed by atoms with van der Waals surface area (Å²) < 4.78 is 5.12. The van der Waals surface area contributed by atoms with Crippen LogP contribution in [-0.4, -0.2) is 31.5 Å². The number of carbonyl (C=O) groups is 1. The molecule has 0 heterocycles. The zero-order valence-electron chi connectivity index (χ0n) is 11.4. The molecule has 0 aromatic carbocycles. The van der Waals surface area contributed by atoms with Gasteiger partial charge in [0, 0.05) is 18.9 Å². The molecule has 1 aliphatic carbocycles. The molecule has 1 rings (SSSR count). The molecular formula is C14H26ClNO2. The van der Waals surface area contributed by atoms with Gasteiger partial charge in [-0.1, -0.05) is 32.1 Å². The Morgan fingerprint density at radius 3 is 2.44 bits per heavy atom. The van der Waals surface area contributed by atoms with Gasteiger partial charge in [-0.25, -0.2) is 0 Å². The smallest absolute Gasteiger partial charge is 0.223 e. The van der Waals surface area contributed by atoms with E-state index in [1.165, 1.54) is 32.1 Å². The maximum absolute atomic E-state index is 12.2. The van der Waals surface area contributed by atoms with E-state index in [1.807, 2.05) is 0 Å². The van der Waals surface area contributed by atoms with Gasteiger partial charge >= 0.3 is 0 Å². The molecule has 1 saturated carbocycles. The minimum atomic E-state index is 0.0606. The SMILES string of the molecule is COCC(CCCl)NC(=O)C1CCCCCCC1. The van der Waals surface area contributed by atoms with E-state index < -0.39 is 0 Å². The third kappa shape index (κ3) is 6.05. The van der Waals surface area contributed by atoms with Crippen LogP contribution in [0.1, 0.15) is 51.4 Å². The van der Waals surface area contributed by atoms with Crippen molar-refractivity contribution in [2.24, 2.45) is 5.92 Å². The fourth-order valence-corrected chi connectivity index (χ4v) is 2.83. The Morgan fingerprint density at radius 1 is 1.28 bits per heavy atom. The van der Waals surface area contributed by atoms with Gasteiger partial charge in [-0.05, 0) is 19.3 Å². The number of ether oxygens (including phenoxy) is 1. The highest BCUT2D eigenvalue weighted by Crippen LogP contribution is 2.22. The monoisotopic (exact) mass is 275 g/mol. The molecule has 0 bridgehead atoms. The summed E-state index contributed by atoms with van der Waals surface area (Å²) in [5, 5.41) is 3.09. The number of amides is 1. The molecular weight excluding hydrogens is 250 g/mol. The highest BCUT2D eigenvalue weighted by molar-refractivity contribution is 6.17. The van der Waals surface area contributed by atoms with Crippen LogP contribution >= 0.6 is 11.6 Å². The number of hydrogen-bond acceptors (Lipinski definition) is 2. The fraction of sp³-hybridized carbons (Fsp3) is 0.929. The second-order valence-corrected chi connectivity index (χ2v) is 5.56. The van der Waals surface area contributed by atoms with Crippen LogP contribution in [0, 0.1) is 5.92 Å². The van der Waals surface area contributed by atoms with Gasteiger partial charge in [-0.3, -0.25) is 4.79 Å². The lowest BCUT2D eigenvalue weighted by atomic mass is 9.90. The van der Waals surface area contributed by atoms with Crippen molar-refractivity contribution in [2.75, 3.05) is 19.6 Å². The molecule has 0 aromatic heterocycles. The maximum atomic E-state index is 12.2. The number of hydrogen-bond donors (Lipinski definition) is 1. The standard InChI is InChI=1S/C14H26ClNO2/c1-18-11-13(9-10-15)16-14(17)12-7-5-3-2-4-6-8-12/h12-13H,2-11H2,1H3,(H,16,17). The molecule has 1 unspecified atom stereocenters. The average molecular weight is 276 g/mol. The molecule has 3 nitrogen and oxygen atoms in total. The Morgan fingerprint density at radius 2 is 1.89 bits per heavy atom. The van der Waals surface area contributed by atoms with Gasteiger partial charge in [0.2, 0.25) is 5.91 Å². The molecule has 1 amide bonds. The molecule has 1 N–H and O–H groups in total. The van der Waals surface area contributed by atoms with Crippen LogP contribution in [0.15, 0.2) is 0 Å². The lowest BCUT2D eigenvalue weighted by Crippen LogP contribution is -2.41. The van der Waals surface area contributed by atoms with Crippen molar-refractivity contribution in [3.05, 3.63) is 0 Å². The van der Waals surface area contributed by atoms with E-state index in [-0.39, 0.29) is 17.9 Å². The molecule has 4 heteroatoms. The summed E-state index contributed by atoms with van der Waals surface area (Å²) in [6.45, 7) is 0.547. The Bertz CT molecular complexity index is 222. The molecule has 18 heavy (non-hydrogen) atoms. The number of methoxy groups -OCH3 is 1. The average Bonchev–Trinajstić information content (AvgIpc) is 2.28. The molecule has 0 radical (unpaired) electrons. The second-order valence-electron chi connectivity index (χ2n) is 5.18. The molecule has 106 valence electrons. The van der Waals surface area contributed by atoms with Gasteiger partial charge in [-0.15, -0.1) is 11.6 Å². The van der Waals surface area contributed by atoms with Gasteiger partial charge in [0.1, 0.15) is 0 Å². The molecule has 0 spiro atoms. The van der Waals surface area contributed by atoms with E-state index in [9.17, 15) is 4.79 Å². The zero-order valence-corrected chi connectivity index (χ0v) is 12.2. The van der Waals surface area contributed by atoms with Crippen molar-refractivity contribution < 1.29 is 9.53 Å². The first-order chi connectivity index (χ1) is 8.77. The van der Waals surface area contributed by atoms with Crippen molar-refractivity contribution in [1.29, 1.82) is 0 Å². The summed E-state index contributed by atoms with van der Waals surface area (Å²) in [4.78, 5) is 12.2. The largest absolute Gasteiger partial charge is 0.383 e. The Kier molecular flexibility index (Phi) is 8.44. The Hall–Kier alpha value is -0.280. The van der Waals surface area contributed by atoms with Crippen molar-refractivity contribution in [3.8, 4) is 0 Å². The highest BCUT2D eigenvalue weighted by atomic mass is 35.5. The normalized spacial score (nSPS) is 19.9. The molecule has 0 aromatic rings. The fourth-order valence-electron chi connectivity index (χ4n) is 2.57. The lowest BCUT2D eigenvalue weighted by molar-refractivity contribution is -0.126. The number of carbonyl (C=O) groups excluding carboxylic acids is 1. The Balaban J connectivity index is 2.39. The van der Waals surface area contributed by atoms with E-state index >= 15 is 0 Å². The maximum Gasteiger partial charge on any atom is 0.223 e. The van der Waals surface area contributed by atoms with Crippen molar-refractivity contribution in [1.82, 2.24) is 5.32 Å². The van der Waals surface area contributed by atoms with E-state index in [0.29, 0.717) is 12.5 Å². The summed E-state index contributed by atoms with van der Waals surface area (Å²) in [5.74, 6) is 0.947. The van der Waals surface area contributed by atoms with E-state index in [2.05, 4.69) is 5.32 Å². The van der Waals surface area contributed by atoms with Gasteiger partial charge in [-0.2, -0.15) is 0 Å². The van der Waals surface area contributed by atoms with E-state index in [1.54, 1.807) is 7.11 Å². The number of halogens is 1. The van der Waals surface area contributed by atoms with Crippen molar-refractivity contribution in [2.45, 2.75) is 57.4 Å². The number of alkyl halides is 1. The molecule has 1 atom stereocenters. The molecule has 1 fully saturated rings. The minimum absolute atomic E-state index is 0.0606. The van der Waals surface area contributed by atoms with Crippen LogP contribution < -0.4 is 5.32 Å². The van der Waals surface area contributed by atoms with Crippen LogP contribution in [-0.2, 0) is 9.53 Å². The number of nitrogens with one attached hydrogen (secondary N) is 1. The zero-order chi connectivity index (χ0) is 13.2. The first-order valence-corrected chi connectivity index (χ1v) is 7.66. The van der Waals surface area contributed by atoms with Crippen LogP contribution in [0.25, 0.3) is 0 Å². The summed E-state index contributed by atoms with van der Waals surface area (Å²) in [6.07, 6.45) is 9.07. The van der Waals surface area contributed by atoms with Gasteiger partial charge < -0.3 is 10.1 Å². The third-order valence-corrected chi connectivity index (χ3v) is 3.87. The minimum Gasteiger partial charge on any atom is -0.383 e. The Labute approximate surface area is 116 Å². The van der Waals surface area contributed by atoms with Crippen LogP contribution in [0.5, 0.6) is 0 Å². The van der Waals surface area contributed by atoms with Crippen LogP contribution in [0.2, 0.25) is 0 Å². The molecule has 1 aliphatic rings.